The Balaban J connectivity index is 2.42. The van der Waals surface area contributed by atoms with Crippen molar-refractivity contribution >= 4 is 17.8 Å². The highest BCUT2D eigenvalue weighted by Gasteiger charge is 2.19. The van der Waals surface area contributed by atoms with Gasteiger partial charge in [0.25, 0.3) is 0 Å². The van der Waals surface area contributed by atoms with Crippen molar-refractivity contribution in [1.29, 1.82) is 0 Å². The van der Waals surface area contributed by atoms with Gasteiger partial charge in [-0.2, -0.15) is 8.78 Å². The monoisotopic (exact) mass is 369 g/mol. The highest BCUT2D eigenvalue weighted by Crippen LogP contribution is 2.30. The largest absolute Gasteiger partial charge is 0.490 e. The second-order valence-electron chi connectivity index (χ2n) is 4.78. The first-order valence-electron chi connectivity index (χ1n) is 7.22. The SMILES string of the molecule is CCOc1cc(/C=C/c2[nH]c(=O)[nH]c(=O)c2[N+](=O)[O-])ccc1OC(F)F. The summed E-state index contributed by atoms with van der Waals surface area (Å²) in [4.78, 5) is 36.8. The van der Waals surface area contributed by atoms with E-state index >= 15 is 0 Å². The molecule has 0 atom stereocenters. The smallest absolute Gasteiger partial charge is 0.387 e. The minimum atomic E-state index is -3.03. The zero-order chi connectivity index (χ0) is 19.3. The molecule has 2 aromatic rings. The number of hydrogen-bond donors (Lipinski definition) is 2. The van der Waals surface area contributed by atoms with E-state index in [-0.39, 0.29) is 23.8 Å². The van der Waals surface area contributed by atoms with Gasteiger partial charge in [-0.15, -0.1) is 0 Å². The van der Waals surface area contributed by atoms with Crippen LogP contribution in [0.5, 0.6) is 11.5 Å². The van der Waals surface area contributed by atoms with Gasteiger partial charge >= 0.3 is 23.5 Å². The van der Waals surface area contributed by atoms with E-state index < -0.39 is 28.5 Å². The zero-order valence-corrected chi connectivity index (χ0v) is 13.3. The van der Waals surface area contributed by atoms with Crippen molar-refractivity contribution in [1.82, 2.24) is 9.97 Å². The fourth-order valence-electron chi connectivity index (χ4n) is 2.07. The number of nitrogens with one attached hydrogen (secondary N) is 2. The summed E-state index contributed by atoms with van der Waals surface area (Å²) in [6, 6.07) is 4.01. The van der Waals surface area contributed by atoms with Gasteiger partial charge in [0.2, 0.25) is 0 Å². The Morgan fingerprint density at radius 2 is 1.96 bits per heavy atom. The van der Waals surface area contributed by atoms with Crippen LogP contribution in [0.3, 0.4) is 0 Å². The van der Waals surface area contributed by atoms with Crippen LogP contribution in [0.4, 0.5) is 14.5 Å². The van der Waals surface area contributed by atoms with Gasteiger partial charge in [-0.25, -0.2) is 4.79 Å². The quantitative estimate of drug-likeness (QED) is 0.569. The first kappa shape index (κ1) is 18.8. The molecule has 0 saturated heterocycles. The second-order valence-corrected chi connectivity index (χ2v) is 4.78. The predicted octanol–water partition coefficient (Wildman–Crippen LogP) is 2.14. The van der Waals surface area contributed by atoms with Gasteiger partial charge < -0.3 is 14.5 Å². The Bertz CT molecular complexity index is 951. The summed E-state index contributed by atoms with van der Waals surface area (Å²) in [5, 5.41) is 11.0. The number of alkyl halides is 2. The van der Waals surface area contributed by atoms with Gasteiger partial charge in [0.15, 0.2) is 11.5 Å². The molecule has 2 N–H and O–H groups in total. The molecule has 0 aliphatic carbocycles. The van der Waals surface area contributed by atoms with Crippen LogP contribution in [0, 0.1) is 10.1 Å². The molecule has 0 saturated carbocycles. The highest BCUT2D eigenvalue weighted by molar-refractivity contribution is 5.72. The summed E-state index contributed by atoms with van der Waals surface area (Å²) >= 11 is 0. The van der Waals surface area contributed by atoms with Crippen molar-refractivity contribution in [2.45, 2.75) is 13.5 Å². The molecule has 11 heteroatoms. The minimum absolute atomic E-state index is 0.0452. The van der Waals surface area contributed by atoms with Gasteiger partial charge in [0, 0.05) is 0 Å². The molecule has 1 aromatic heterocycles. The fraction of sp³-hybridized carbons (Fsp3) is 0.200. The zero-order valence-electron chi connectivity index (χ0n) is 13.3. The molecule has 0 radical (unpaired) electrons. The van der Waals surface area contributed by atoms with Crippen LogP contribution in [-0.2, 0) is 0 Å². The Kier molecular flexibility index (Phi) is 5.83. The number of nitrogens with zero attached hydrogens (tertiary/aromatic N) is 1. The van der Waals surface area contributed by atoms with E-state index in [0.717, 1.165) is 6.08 Å². The first-order chi connectivity index (χ1) is 12.3. The molecule has 0 aliphatic rings. The van der Waals surface area contributed by atoms with E-state index in [0.29, 0.717) is 5.56 Å². The summed E-state index contributed by atoms with van der Waals surface area (Å²) in [5.41, 5.74) is -2.78. The molecule has 0 fully saturated rings. The number of aromatic nitrogens is 2. The summed E-state index contributed by atoms with van der Waals surface area (Å²) in [6.45, 7) is -1.18. The molecular formula is C15H13F2N3O6. The topological polar surface area (TPSA) is 127 Å². The van der Waals surface area contributed by atoms with Crippen molar-refractivity contribution in [3.05, 3.63) is 60.4 Å². The lowest BCUT2D eigenvalue weighted by atomic mass is 10.1. The molecule has 0 unspecified atom stereocenters. The number of benzene rings is 1. The maximum Gasteiger partial charge on any atom is 0.387 e. The molecule has 0 bridgehead atoms. The molecule has 0 spiro atoms. The predicted molar refractivity (Wildman–Crippen MR) is 87.5 cm³/mol. The van der Waals surface area contributed by atoms with Crippen molar-refractivity contribution in [2.75, 3.05) is 6.61 Å². The molecule has 1 aromatic carbocycles. The second kappa shape index (κ2) is 8.05. The van der Waals surface area contributed by atoms with Gasteiger partial charge in [0.05, 0.1) is 11.5 Å². The lowest BCUT2D eigenvalue weighted by Gasteiger charge is -2.11. The minimum Gasteiger partial charge on any atom is -0.490 e. The lowest BCUT2D eigenvalue weighted by molar-refractivity contribution is -0.386. The van der Waals surface area contributed by atoms with Crippen molar-refractivity contribution in [3.63, 3.8) is 0 Å². The molecular weight excluding hydrogens is 356 g/mol. The van der Waals surface area contributed by atoms with E-state index in [1.54, 1.807) is 11.9 Å². The summed E-state index contributed by atoms with van der Waals surface area (Å²) in [5.74, 6) is -0.126. The van der Waals surface area contributed by atoms with Crippen LogP contribution in [0.25, 0.3) is 12.2 Å². The number of nitro groups is 1. The van der Waals surface area contributed by atoms with Crippen LogP contribution in [0.15, 0.2) is 27.8 Å². The van der Waals surface area contributed by atoms with E-state index in [9.17, 15) is 28.5 Å². The average Bonchev–Trinajstić information content (AvgIpc) is 2.53. The first-order valence-corrected chi connectivity index (χ1v) is 7.22. The summed E-state index contributed by atoms with van der Waals surface area (Å²) < 4.78 is 34.3. The van der Waals surface area contributed by atoms with Gasteiger partial charge in [0.1, 0.15) is 5.69 Å². The third kappa shape index (κ3) is 4.53. The number of aromatic amines is 2. The standard InChI is InChI=1S/C15H13F2N3O6/c1-2-25-11-7-8(4-6-10(11)26-14(16)17)3-5-9-12(20(23)24)13(21)19-15(22)18-9/h3-7,14H,2H2,1H3,(H2,18,19,21,22)/b5-3+. The van der Waals surface area contributed by atoms with Crippen molar-refractivity contribution in [2.24, 2.45) is 0 Å². The third-order valence-electron chi connectivity index (χ3n) is 3.05. The summed E-state index contributed by atoms with van der Waals surface area (Å²) in [7, 11) is 0. The Morgan fingerprint density at radius 1 is 1.23 bits per heavy atom. The van der Waals surface area contributed by atoms with Crippen LogP contribution in [-0.4, -0.2) is 28.1 Å². The lowest BCUT2D eigenvalue weighted by Crippen LogP contribution is -2.25. The molecule has 0 amide bonds. The van der Waals surface area contributed by atoms with Crippen LogP contribution < -0.4 is 20.7 Å². The fourth-order valence-corrected chi connectivity index (χ4v) is 2.07. The Morgan fingerprint density at radius 3 is 2.58 bits per heavy atom. The Hall–Kier alpha value is -3.50. The van der Waals surface area contributed by atoms with E-state index in [2.05, 4.69) is 9.72 Å². The molecule has 138 valence electrons. The molecule has 1 heterocycles. The molecule has 2 rings (SSSR count). The van der Waals surface area contributed by atoms with Gasteiger partial charge in [-0.05, 0) is 30.7 Å². The van der Waals surface area contributed by atoms with Gasteiger partial charge in [-0.1, -0.05) is 12.1 Å². The highest BCUT2D eigenvalue weighted by atomic mass is 19.3. The number of ether oxygens (including phenoxy) is 2. The maximum atomic E-state index is 12.4. The Labute approximate surface area is 144 Å². The van der Waals surface area contributed by atoms with Crippen LogP contribution >= 0.6 is 0 Å². The number of H-pyrrole nitrogens is 2. The molecule has 0 aliphatic heterocycles. The van der Waals surface area contributed by atoms with E-state index in [1.165, 1.54) is 24.3 Å². The number of halogens is 2. The number of hydrogen-bond acceptors (Lipinski definition) is 6. The van der Waals surface area contributed by atoms with Gasteiger partial charge in [-0.3, -0.25) is 19.9 Å². The molecule has 26 heavy (non-hydrogen) atoms. The average molecular weight is 369 g/mol. The van der Waals surface area contributed by atoms with Crippen molar-refractivity contribution < 1.29 is 23.2 Å². The van der Waals surface area contributed by atoms with Crippen molar-refractivity contribution in [3.8, 4) is 11.5 Å². The summed E-state index contributed by atoms with van der Waals surface area (Å²) in [6.07, 6.45) is 2.49. The van der Waals surface area contributed by atoms with Crippen LogP contribution in [0.1, 0.15) is 18.2 Å². The number of rotatable bonds is 7. The van der Waals surface area contributed by atoms with E-state index in [1.807, 2.05) is 0 Å². The maximum absolute atomic E-state index is 12.4. The third-order valence-corrected chi connectivity index (χ3v) is 3.05. The van der Waals surface area contributed by atoms with Crippen LogP contribution in [0.2, 0.25) is 0 Å². The molecule has 9 nitrogen and oxygen atoms in total. The van der Waals surface area contributed by atoms with E-state index in [4.69, 9.17) is 4.74 Å². The normalized spacial score (nSPS) is 11.1.